The van der Waals surface area contributed by atoms with Crippen LogP contribution in [0.15, 0.2) is 42.5 Å². The number of amides is 3. The maximum atomic E-state index is 14.2. The van der Waals surface area contributed by atoms with Crippen LogP contribution in [-0.2, 0) is 14.3 Å². The normalized spacial score (nSPS) is 12.8. The Morgan fingerprint density at radius 3 is 2.23 bits per heavy atom. The van der Waals surface area contributed by atoms with Crippen molar-refractivity contribution < 1.29 is 19.1 Å². The van der Waals surface area contributed by atoms with Crippen LogP contribution in [0.3, 0.4) is 0 Å². The first kappa shape index (κ1) is 32.2. The first-order chi connectivity index (χ1) is 18.4. The number of rotatable bonds is 12. The second kappa shape index (κ2) is 15.0. The van der Waals surface area contributed by atoms with Crippen LogP contribution in [0, 0.1) is 20.8 Å². The Balaban J connectivity index is 2.55. The molecule has 39 heavy (non-hydrogen) atoms. The predicted molar refractivity (Wildman–Crippen MR) is 161 cm³/mol. The van der Waals surface area contributed by atoms with Crippen LogP contribution in [0.25, 0.3) is 0 Å². The van der Waals surface area contributed by atoms with Crippen LogP contribution in [-0.4, -0.2) is 53.0 Å². The van der Waals surface area contributed by atoms with E-state index in [1.807, 2.05) is 76.4 Å². The topological polar surface area (TPSA) is 87.7 Å². The Hall–Kier alpha value is -3.00. The van der Waals surface area contributed by atoms with Crippen molar-refractivity contribution in [1.29, 1.82) is 0 Å². The smallest absolute Gasteiger partial charge is 0.408 e. The van der Waals surface area contributed by atoms with Gasteiger partial charge in [0.1, 0.15) is 17.7 Å². The number of hydrogen-bond acceptors (Lipinski definition) is 5. The van der Waals surface area contributed by atoms with E-state index in [2.05, 4.69) is 10.6 Å². The molecule has 0 aliphatic rings. The average molecular weight is 556 g/mol. The van der Waals surface area contributed by atoms with Gasteiger partial charge in [0, 0.05) is 12.2 Å². The van der Waals surface area contributed by atoms with E-state index >= 15 is 0 Å². The van der Waals surface area contributed by atoms with E-state index in [1.165, 1.54) is 0 Å². The number of alkyl carbamates (subject to hydrolysis) is 1. The first-order valence-electron chi connectivity index (χ1n) is 13.6. The van der Waals surface area contributed by atoms with Crippen LogP contribution in [0.5, 0.6) is 0 Å². The lowest BCUT2D eigenvalue weighted by Crippen LogP contribution is -2.52. The number of carbonyl (C=O) groups excluding carboxylic acids is 3. The highest BCUT2D eigenvalue weighted by Crippen LogP contribution is 2.28. The molecule has 2 rings (SSSR count). The van der Waals surface area contributed by atoms with Crippen molar-refractivity contribution in [2.75, 3.05) is 23.9 Å². The lowest BCUT2D eigenvalue weighted by atomic mass is 9.99. The zero-order valence-electron chi connectivity index (χ0n) is 24.7. The van der Waals surface area contributed by atoms with E-state index in [1.54, 1.807) is 37.4 Å². The minimum absolute atomic E-state index is 0.289. The molecule has 8 heteroatoms. The van der Waals surface area contributed by atoms with Gasteiger partial charge >= 0.3 is 6.09 Å². The van der Waals surface area contributed by atoms with Crippen LogP contribution in [0.1, 0.15) is 75.3 Å². The number of unbranched alkanes of at least 4 members (excludes halogenated alkanes) is 1. The van der Waals surface area contributed by atoms with Crippen molar-refractivity contribution in [2.24, 2.45) is 0 Å². The van der Waals surface area contributed by atoms with Crippen molar-refractivity contribution in [3.8, 4) is 0 Å². The Morgan fingerprint density at radius 1 is 1.03 bits per heavy atom. The monoisotopic (exact) mass is 555 g/mol. The molecule has 0 radical (unpaired) electrons. The summed E-state index contributed by atoms with van der Waals surface area (Å²) in [6, 6.07) is 11.8. The molecule has 0 bridgehead atoms. The fourth-order valence-electron chi connectivity index (χ4n) is 4.35. The van der Waals surface area contributed by atoms with Crippen LogP contribution < -0.4 is 10.6 Å². The molecule has 2 atom stereocenters. The van der Waals surface area contributed by atoms with Gasteiger partial charge in [-0.3, -0.25) is 9.59 Å². The van der Waals surface area contributed by atoms with Crippen molar-refractivity contribution in [2.45, 2.75) is 85.4 Å². The fourth-order valence-corrected chi connectivity index (χ4v) is 4.83. The zero-order valence-corrected chi connectivity index (χ0v) is 25.5. The number of nitrogens with zero attached hydrogens (tertiary/aromatic N) is 1. The maximum Gasteiger partial charge on any atom is 0.408 e. The third kappa shape index (κ3) is 9.92. The van der Waals surface area contributed by atoms with Gasteiger partial charge in [0.25, 0.3) is 5.91 Å². The number of nitrogens with one attached hydrogen (secondary N) is 2. The molecule has 0 spiro atoms. The van der Waals surface area contributed by atoms with Gasteiger partial charge < -0.3 is 20.3 Å². The van der Waals surface area contributed by atoms with Gasteiger partial charge in [0.2, 0.25) is 5.91 Å². The molecule has 0 aliphatic carbocycles. The molecule has 2 unspecified atom stereocenters. The second-order valence-corrected chi connectivity index (χ2v) is 11.9. The molecule has 0 heterocycles. The van der Waals surface area contributed by atoms with E-state index in [0.717, 1.165) is 34.4 Å². The maximum absolute atomic E-state index is 14.2. The highest BCUT2D eigenvalue weighted by atomic mass is 32.2. The average Bonchev–Trinajstić information content (AvgIpc) is 2.85. The number of anilines is 1. The van der Waals surface area contributed by atoms with E-state index in [0.29, 0.717) is 25.1 Å². The molecule has 0 saturated carbocycles. The van der Waals surface area contributed by atoms with Gasteiger partial charge in [-0.05, 0) is 83.1 Å². The molecule has 214 valence electrons. The number of thioether (sulfide) groups is 1. The number of ether oxygens (including phenoxy) is 1. The summed E-state index contributed by atoms with van der Waals surface area (Å²) in [6.07, 6.45) is 3.28. The molecular formula is C31H45N3O4S. The van der Waals surface area contributed by atoms with E-state index in [-0.39, 0.29) is 11.8 Å². The summed E-state index contributed by atoms with van der Waals surface area (Å²) in [5, 5.41) is 5.91. The molecule has 0 saturated heterocycles. The van der Waals surface area contributed by atoms with E-state index in [4.69, 9.17) is 4.74 Å². The van der Waals surface area contributed by atoms with Gasteiger partial charge in [0.15, 0.2) is 0 Å². The van der Waals surface area contributed by atoms with Gasteiger partial charge in [-0.1, -0.05) is 61.4 Å². The van der Waals surface area contributed by atoms with Crippen LogP contribution in [0.2, 0.25) is 0 Å². The zero-order chi connectivity index (χ0) is 29.2. The molecule has 2 aromatic carbocycles. The summed E-state index contributed by atoms with van der Waals surface area (Å²) in [6.45, 7) is 13.6. The van der Waals surface area contributed by atoms with Crippen molar-refractivity contribution in [1.82, 2.24) is 10.2 Å². The minimum atomic E-state index is -0.875. The molecule has 0 aliphatic heterocycles. The van der Waals surface area contributed by atoms with Crippen LogP contribution in [0.4, 0.5) is 10.5 Å². The quantitative estimate of drug-likeness (QED) is 0.309. The Bertz CT molecular complexity index is 1110. The number of carbonyl (C=O) groups is 3. The SMILES string of the molecule is CCCCN(C(=O)C(CCSC)NC(=O)OC(C)(C)C)C(C(=O)Nc1c(C)cccc1C)c1cccc(C)c1. The molecule has 2 aromatic rings. The molecule has 2 N–H and O–H groups in total. The third-order valence-electron chi connectivity index (χ3n) is 6.28. The Morgan fingerprint density at radius 2 is 1.67 bits per heavy atom. The lowest BCUT2D eigenvalue weighted by molar-refractivity contribution is -0.141. The standard InChI is InChI=1S/C31H45N3O4S/c1-9-10-18-34(29(36)25(17-19-39-8)32-30(37)38-31(5,6)7)27(24-16-11-13-21(2)20-24)28(35)33-26-22(3)14-12-15-23(26)4/h11-16,20,25,27H,9-10,17-19H2,1-8H3,(H,32,37)(H,33,35). The molecule has 0 fully saturated rings. The number of aryl methyl sites for hydroxylation is 3. The summed E-state index contributed by atoms with van der Waals surface area (Å²) in [4.78, 5) is 42.6. The predicted octanol–water partition coefficient (Wildman–Crippen LogP) is 6.57. The first-order valence-corrected chi connectivity index (χ1v) is 15.0. The summed E-state index contributed by atoms with van der Waals surface area (Å²) in [5.74, 6) is 0.0761. The summed E-state index contributed by atoms with van der Waals surface area (Å²) in [7, 11) is 0. The van der Waals surface area contributed by atoms with Gasteiger partial charge in [0.05, 0.1) is 0 Å². The largest absolute Gasteiger partial charge is 0.444 e. The van der Waals surface area contributed by atoms with Crippen molar-refractivity contribution in [3.63, 3.8) is 0 Å². The van der Waals surface area contributed by atoms with E-state index < -0.39 is 23.8 Å². The van der Waals surface area contributed by atoms with Gasteiger partial charge in [-0.25, -0.2) is 4.79 Å². The van der Waals surface area contributed by atoms with Crippen LogP contribution >= 0.6 is 11.8 Å². The van der Waals surface area contributed by atoms with Crippen molar-refractivity contribution in [3.05, 3.63) is 64.7 Å². The highest BCUT2D eigenvalue weighted by Gasteiger charge is 2.36. The summed E-state index contributed by atoms with van der Waals surface area (Å²) in [5.41, 5.74) is 3.66. The number of benzene rings is 2. The van der Waals surface area contributed by atoms with E-state index in [9.17, 15) is 14.4 Å². The molecular weight excluding hydrogens is 510 g/mol. The van der Waals surface area contributed by atoms with Gasteiger partial charge in [-0.2, -0.15) is 11.8 Å². The number of para-hydroxylation sites is 1. The Labute approximate surface area is 238 Å². The Kier molecular flexibility index (Phi) is 12.4. The summed E-state index contributed by atoms with van der Waals surface area (Å²) < 4.78 is 5.47. The lowest BCUT2D eigenvalue weighted by Gasteiger charge is -2.35. The fraction of sp³-hybridized carbons (Fsp3) is 0.516. The molecule has 3 amide bonds. The number of hydrogen-bond donors (Lipinski definition) is 2. The minimum Gasteiger partial charge on any atom is -0.444 e. The summed E-state index contributed by atoms with van der Waals surface area (Å²) >= 11 is 1.59. The molecule has 0 aromatic heterocycles. The highest BCUT2D eigenvalue weighted by molar-refractivity contribution is 7.98. The second-order valence-electron chi connectivity index (χ2n) is 10.9. The van der Waals surface area contributed by atoms with Gasteiger partial charge in [-0.15, -0.1) is 0 Å². The molecule has 7 nitrogen and oxygen atoms in total. The third-order valence-corrected chi connectivity index (χ3v) is 6.93. The van der Waals surface area contributed by atoms with Crippen molar-refractivity contribution >= 4 is 35.4 Å².